The number of carbonyl (C=O) groups is 3. The van der Waals surface area contributed by atoms with E-state index >= 15 is 0 Å². The van der Waals surface area contributed by atoms with Crippen LogP contribution < -0.4 is 0 Å². The fraction of sp³-hybridized carbons (Fsp3) is 0.400. The maximum Gasteiger partial charge on any atom is 0.338 e. The van der Waals surface area contributed by atoms with E-state index in [4.69, 9.17) is 4.74 Å². The van der Waals surface area contributed by atoms with E-state index in [1.807, 2.05) is 12.1 Å². The number of rotatable bonds is 10. The molecule has 2 aliphatic carbocycles. The van der Waals surface area contributed by atoms with Crippen LogP contribution in [0, 0.1) is 5.92 Å². The predicted octanol–water partition coefficient (Wildman–Crippen LogP) is 8.86. The van der Waals surface area contributed by atoms with Gasteiger partial charge in [-0.3, -0.25) is 9.59 Å². The third-order valence-electron chi connectivity index (χ3n) is 8.25. The van der Waals surface area contributed by atoms with Gasteiger partial charge in [-0.25, -0.2) is 4.79 Å². The molecule has 0 saturated heterocycles. The van der Waals surface area contributed by atoms with Crippen LogP contribution in [-0.2, 0) is 11.2 Å². The van der Waals surface area contributed by atoms with Gasteiger partial charge in [0, 0.05) is 32.0 Å². The molecule has 0 amide bonds. The zero-order chi connectivity index (χ0) is 28.1. The maximum atomic E-state index is 13.8. The first-order valence-electron chi connectivity index (χ1n) is 14.8. The SMILES string of the molecule is CCCCc1ccc(Sc2cccc3c2C(=O)c2cc(C(=O)OC4CCC(CCCC)CC4)ccc2C3=O)cc1. The number of benzene rings is 3. The van der Waals surface area contributed by atoms with Crippen LogP contribution >= 0.6 is 11.8 Å². The lowest BCUT2D eigenvalue weighted by Gasteiger charge is -2.28. The van der Waals surface area contributed by atoms with E-state index in [9.17, 15) is 14.4 Å². The first-order chi connectivity index (χ1) is 19.5. The standard InChI is InChI=1S/C35H38O4S/c1-3-5-8-23-12-17-26(18-13-23)39-35(38)25-16-21-28-30(22-25)34(37)32-29(33(28)36)10-7-11-31(32)40-27-19-14-24(15-20-27)9-6-4-2/h7,10-11,14-16,19-23,26H,3-6,8-9,12-13,17-18H2,1-2H3. The number of fused-ring (bicyclic) bond motifs is 2. The summed E-state index contributed by atoms with van der Waals surface area (Å²) in [5, 5.41) is 0. The van der Waals surface area contributed by atoms with Crippen molar-refractivity contribution in [1.29, 1.82) is 0 Å². The average Bonchev–Trinajstić information content (AvgIpc) is 2.99. The van der Waals surface area contributed by atoms with E-state index in [1.165, 1.54) is 36.6 Å². The molecule has 0 N–H and O–H groups in total. The van der Waals surface area contributed by atoms with Crippen LogP contribution in [0.4, 0.5) is 0 Å². The van der Waals surface area contributed by atoms with Crippen LogP contribution in [0.1, 0.15) is 119 Å². The summed E-state index contributed by atoms with van der Waals surface area (Å²) in [5.41, 5.74) is 3.06. The van der Waals surface area contributed by atoms with Crippen molar-refractivity contribution in [2.24, 2.45) is 5.92 Å². The Morgan fingerprint density at radius 2 is 1.57 bits per heavy atom. The predicted molar refractivity (Wildman–Crippen MR) is 160 cm³/mol. The topological polar surface area (TPSA) is 60.4 Å². The zero-order valence-electron chi connectivity index (χ0n) is 23.5. The summed E-state index contributed by atoms with van der Waals surface area (Å²) in [7, 11) is 0. The highest BCUT2D eigenvalue weighted by Gasteiger charge is 2.33. The van der Waals surface area contributed by atoms with Crippen molar-refractivity contribution >= 4 is 29.3 Å². The van der Waals surface area contributed by atoms with E-state index < -0.39 is 5.97 Å². The number of hydrogen-bond acceptors (Lipinski definition) is 5. The van der Waals surface area contributed by atoms with Gasteiger partial charge < -0.3 is 4.74 Å². The summed E-state index contributed by atoms with van der Waals surface area (Å²) in [5.74, 6) is -0.101. The second kappa shape index (κ2) is 13.0. The summed E-state index contributed by atoms with van der Waals surface area (Å²) in [6.45, 7) is 4.40. The molecule has 0 unspecified atom stereocenters. The molecule has 0 spiro atoms. The quantitative estimate of drug-likeness (QED) is 0.183. The van der Waals surface area contributed by atoms with Gasteiger partial charge in [0.15, 0.2) is 11.6 Å². The van der Waals surface area contributed by atoms with Gasteiger partial charge in [-0.05, 0) is 86.4 Å². The molecule has 40 heavy (non-hydrogen) atoms. The van der Waals surface area contributed by atoms with E-state index in [2.05, 4.69) is 38.1 Å². The third-order valence-corrected chi connectivity index (χ3v) is 9.31. The van der Waals surface area contributed by atoms with Crippen molar-refractivity contribution in [3.63, 3.8) is 0 Å². The van der Waals surface area contributed by atoms with Crippen molar-refractivity contribution in [3.05, 3.63) is 94.0 Å². The van der Waals surface area contributed by atoms with Crippen molar-refractivity contribution in [2.45, 2.75) is 94.0 Å². The molecule has 3 aromatic carbocycles. The number of unbranched alkanes of at least 4 members (excludes halogenated alkanes) is 2. The smallest absolute Gasteiger partial charge is 0.338 e. The van der Waals surface area contributed by atoms with Crippen LogP contribution in [-0.4, -0.2) is 23.6 Å². The zero-order valence-corrected chi connectivity index (χ0v) is 24.4. The van der Waals surface area contributed by atoms with Gasteiger partial charge in [-0.2, -0.15) is 0 Å². The van der Waals surface area contributed by atoms with Crippen molar-refractivity contribution in [1.82, 2.24) is 0 Å². The Balaban J connectivity index is 1.32. The summed E-state index contributed by atoms with van der Waals surface area (Å²) >= 11 is 1.49. The Morgan fingerprint density at radius 1 is 0.825 bits per heavy atom. The Morgan fingerprint density at radius 3 is 2.30 bits per heavy atom. The van der Waals surface area contributed by atoms with E-state index in [0.29, 0.717) is 22.3 Å². The fourth-order valence-corrected chi connectivity index (χ4v) is 6.84. The van der Waals surface area contributed by atoms with Gasteiger partial charge in [0.25, 0.3) is 0 Å². The molecular weight excluding hydrogens is 516 g/mol. The third kappa shape index (κ3) is 6.25. The Bertz CT molecular complexity index is 1380. The van der Waals surface area contributed by atoms with Crippen molar-refractivity contribution in [2.75, 3.05) is 0 Å². The van der Waals surface area contributed by atoms with E-state index in [0.717, 1.165) is 60.7 Å². The minimum atomic E-state index is -0.420. The van der Waals surface area contributed by atoms with Gasteiger partial charge in [-0.1, -0.05) is 75.6 Å². The highest BCUT2D eigenvalue weighted by atomic mass is 32.2. The van der Waals surface area contributed by atoms with Gasteiger partial charge in [0.05, 0.1) is 5.56 Å². The Labute approximate surface area is 241 Å². The molecule has 4 nitrogen and oxygen atoms in total. The molecule has 3 aromatic rings. The number of esters is 1. The second-order valence-corrected chi connectivity index (χ2v) is 12.3. The molecule has 5 rings (SSSR count). The van der Waals surface area contributed by atoms with Gasteiger partial charge >= 0.3 is 5.97 Å². The molecule has 0 heterocycles. The number of ether oxygens (including phenoxy) is 1. The minimum absolute atomic E-state index is 0.0872. The molecule has 1 saturated carbocycles. The monoisotopic (exact) mass is 554 g/mol. The highest BCUT2D eigenvalue weighted by Crippen LogP contribution is 2.38. The van der Waals surface area contributed by atoms with Crippen LogP contribution in [0.15, 0.2) is 70.5 Å². The summed E-state index contributed by atoms with van der Waals surface area (Å²) < 4.78 is 5.85. The molecule has 0 radical (unpaired) electrons. The lowest BCUT2D eigenvalue weighted by Crippen LogP contribution is -2.25. The highest BCUT2D eigenvalue weighted by molar-refractivity contribution is 7.99. The summed E-state index contributed by atoms with van der Waals surface area (Å²) in [6, 6.07) is 18.6. The molecule has 0 aromatic heterocycles. The fourth-order valence-electron chi connectivity index (χ4n) is 5.86. The van der Waals surface area contributed by atoms with Crippen LogP contribution in [0.5, 0.6) is 0 Å². The lowest BCUT2D eigenvalue weighted by atomic mass is 9.83. The number of hydrogen-bond donors (Lipinski definition) is 0. The van der Waals surface area contributed by atoms with Crippen molar-refractivity contribution < 1.29 is 19.1 Å². The maximum absolute atomic E-state index is 13.8. The average molecular weight is 555 g/mol. The molecule has 2 aliphatic rings. The normalized spacial score (nSPS) is 18.2. The first kappa shape index (κ1) is 28.4. The Hall–Kier alpha value is -3.18. The van der Waals surface area contributed by atoms with Crippen LogP contribution in [0.25, 0.3) is 0 Å². The molecule has 0 atom stereocenters. The van der Waals surface area contributed by atoms with Gasteiger partial charge in [0.1, 0.15) is 6.10 Å². The van der Waals surface area contributed by atoms with Gasteiger partial charge in [-0.15, -0.1) is 0 Å². The number of carbonyl (C=O) groups excluding carboxylic acids is 3. The van der Waals surface area contributed by atoms with E-state index in [-0.39, 0.29) is 23.2 Å². The molecule has 0 bridgehead atoms. The summed E-state index contributed by atoms with van der Waals surface area (Å²) in [6.07, 6.45) is 11.0. The van der Waals surface area contributed by atoms with E-state index in [1.54, 1.807) is 24.3 Å². The molecule has 208 valence electrons. The van der Waals surface area contributed by atoms with Gasteiger partial charge in [0.2, 0.25) is 0 Å². The molecular formula is C35H38O4S. The largest absolute Gasteiger partial charge is 0.459 e. The summed E-state index contributed by atoms with van der Waals surface area (Å²) in [4.78, 5) is 42.1. The Kier molecular flexibility index (Phi) is 9.21. The second-order valence-electron chi connectivity index (χ2n) is 11.1. The molecule has 0 aliphatic heterocycles. The lowest BCUT2D eigenvalue weighted by molar-refractivity contribution is 0.0161. The molecule has 1 fully saturated rings. The van der Waals surface area contributed by atoms with Crippen molar-refractivity contribution in [3.8, 4) is 0 Å². The number of ketones is 2. The minimum Gasteiger partial charge on any atom is -0.459 e. The number of aryl methyl sites for hydroxylation is 1. The molecule has 5 heteroatoms. The van der Waals surface area contributed by atoms with Crippen LogP contribution in [0.3, 0.4) is 0 Å². The first-order valence-corrected chi connectivity index (χ1v) is 15.6. The van der Waals surface area contributed by atoms with Crippen LogP contribution in [0.2, 0.25) is 0 Å².